The summed E-state index contributed by atoms with van der Waals surface area (Å²) in [7, 11) is 3.29. The number of hydrogen-bond donors (Lipinski definition) is 2. The fourth-order valence-corrected chi connectivity index (χ4v) is 3.05. The van der Waals surface area contributed by atoms with E-state index in [1.165, 1.54) is 0 Å². The minimum atomic E-state index is -0.689. The molecule has 3 N–H and O–H groups in total. The van der Waals surface area contributed by atoms with Crippen LogP contribution in [0, 0.1) is 17.3 Å². The van der Waals surface area contributed by atoms with E-state index in [4.69, 9.17) is 18.0 Å². The fourth-order valence-electron chi connectivity index (χ4n) is 2.80. The summed E-state index contributed by atoms with van der Waals surface area (Å²) in [5.41, 5.74) is 5.07. The lowest BCUT2D eigenvalue weighted by Crippen LogP contribution is -2.57. The molecule has 5 nitrogen and oxygen atoms in total. The predicted molar refractivity (Wildman–Crippen MR) is 78.5 cm³/mol. The van der Waals surface area contributed by atoms with Crippen LogP contribution in [0.5, 0.6) is 0 Å². The van der Waals surface area contributed by atoms with Gasteiger partial charge in [-0.05, 0) is 18.8 Å². The van der Waals surface area contributed by atoms with E-state index in [1.807, 2.05) is 0 Å². The maximum absolute atomic E-state index is 12.5. The number of nitrogens with one attached hydrogen (secondary N) is 1. The quantitative estimate of drug-likeness (QED) is 0.723. The first kappa shape index (κ1) is 15.9. The Morgan fingerprint density at radius 1 is 1.53 bits per heavy atom. The molecule has 0 aromatic carbocycles. The molecule has 6 heteroatoms. The number of nitrogens with two attached hydrogens (primary N) is 1. The summed E-state index contributed by atoms with van der Waals surface area (Å²) in [6.07, 6.45) is 1.42. The fraction of sp³-hybridized carbons (Fsp3) is 0.769. The number of rotatable bonds is 5. The number of hydrogen-bond acceptors (Lipinski definition) is 3. The van der Waals surface area contributed by atoms with Crippen molar-refractivity contribution in [2.75, 3.05) is 20.6 Å². The molecule has 0 heterocycles. The lowest BCUT2D eigenvalue weighted by molar-refractivity contribution is -0.143. The molecular formula is C13H23N3O2S. The van der Waals surface area contributed by atoms with Crippen molar-refractivity contribution in [1.29, 1.82) is 0 Å². The second-order valence-electron chi connectivity index (χ2n) is 5.66. The van der Waals surface area contributed by atoms with Gasteiger partial charge in [-0.2, -0.15) is 0 Å². The van der Waals surface area contributed by atoms with Crippen molar-refractivity contribution in [2.24, 2.45) is 23.0 Å². The third-order valence-corrected chi connectivity index (χ3v) is 4.25. The number of carbonyl (C=O) groups is 2. The summed E-state index contributed by atoms with van der Waals surface area (Å²) in [5.74, 6) is 0.0786. The highest BCUT2D eigenvalue weighted by Crippen LogP contribution is 2.47. The van der Waals surface area contributed by atoms with Crippen molar-refractivity contribution in [3.63, 3.8) is 0 Å². The number of thiocarbonyl (C=S) groups is 1. The van der Waals surface area contributed by atoms with E-state index < -0.39 is 5.41 Å². The van der Waals surface area contributed by atoms with Crippen LogP contribution in [0.1, 0.15) is 26.7 Å². The van der Waals surface area contributed by atoms with Crippen LogP contribution in [0.3, 0.4) is 0 Å². The molecule has 0 saturated heterocycles. The highest BCUT2D eigenvalue weighted by Gasteiger charge is 2.52. The summed E-state index contributed by atoms with van der Waals surface area (Å²) < 4.78 is 0. The molecule has 0 aromatic rings. The van der Waals surface area contributed by atoms with E-state index in [0.29, 0.717) is 25.3 Å². The second-order valence-corrected chi connectivity index (χ2v) is 6.10. The Balaban J connectivity index is 2.71. The molecule has 108 valence electrons. The van der Waals surface area contributed by atoms with E-state index in [-0.39, 0.29) is 22.7 Å². The highest BCUT2D eigenvalue weighted by molar-refractivity contribution is 7.80. The lowest BCUT2D eigenvalue weighted by atomic mass is 9.61. The van der Waals surface area contributed by atoms with Gasteiger partial charge in [-0.1, -0.05) is 26.1 Å². The number of nitrogens with zero attached hydrogens (tertiary/aromatic N) is 1. The first-order chi connectivity index (χ1) is 8.74. The summed E-state index contributed by atoms with van der Waals surface area (Å²) in [4.78, 5) is 25.8. The van der Waals surface area contributed by atoms with Crippen molar-refractivity contribution < 1.29 is 9.59 Å². The first-order valence-corrected chi connectivity index (χ1v) is 6.92. The normalized spacial score (nSPS) is 27.1. The van der Waals surface area contributed by atoms with Crippen molar-refractivity contribution in [3.8, 4) is 0 Å². The van der Waals surface area contributed by atoms with Gasteiger partial charge < -0.3 is 16.0 Å². The molecule has 1 saturated carbocycles. The van der Waals surface area contributed by atoms with Gasteiger partial charge in [-0.3, -0.25) is 9.59 Å². The molecule has 1 fully saturated rings. The van der Waals surface area contributed by atoms with Gasteiger partial charge in [0.1, 0.15) is 0 Å². The van der Waals surface area contributed by atoms with Gasteiger partial charge in [-0.15, -0.1) is 0 Å². The molecule has 1 unspecified atom stereocenters. The zero-order chi connectivity index (χ0) is 14.8. The standard InChI is InChI=1S/C13H23N3O2S/c1-8-5-13(6-8,11(14)19)12(18)16(4)7-9(2)10(17)15-3/h8-9H,5-7H2,1-4H3,(H2,14,19)(H,15,17). The van der Waals surface area contributed by atoms with Gasteiger partial charge in [0.15, 0.2) is 0 Å². The Hall–Kier alpha value is -1.17. The van der Waals surface area contributed by atoms with Gasteiger partial charge in [0, 0.05) is 20.6 Å². The minimum absolute atomic E-state index is 0.0612. The molecule has 2 amide bonds. The van der Waals surface area contributed by atoms with Gasteiger partial charge in [0.05, 0.1) is 16.3 Å². The van der Waals surface area contributed by atoms with Crippen LogP contribution < -0.4 is 11.1 Å². The van der Waals surface area contributed by atoms with Crippen LogP contribution in [-0.2, 0) is 9.59 Å². The molecule has 1 aliphatic rings. The molecule has 19 heavy (non-hydrogen) atoms. The molecule has 1 aliphatic carbocycles. The summed E-state index contributed by atoms with van der Waals surface area (Å²) in [6, 6.07) is 0. The zero-order valence-corrected chi connectivity index (χ0v) is 12.8. The zero-order valence-electron chi connectivity index (χ0n) is 12.0. The smallest absolute Gasteiger partial charge is 0.235 e. The Labute approximate surface area is 119 Å². The van der Waals surface area contributed by atoms with Crippen molar-refractivity contribution in [2.45, 2.75) is 26.7 Å². The van der Waals surface area contributed by atoms with Crippen LogP contribution >= 0.6 is 12.2 Å². The number of amides is 2. The van der Waals surface area contributed by atoms with E-state index >= 15 is 0 Å². The van der Waals surface area contributed by atoms with Crippen LogP contribution in [0.2, 0.25) is 0 Å². The summed E-state index contributed by atoms with van der Waals surface area (Å²) in [6.45, 7) is 4.24. The minimum Gasteiger partial charge on any atom is -0.392 e. The second kappa shape index (κ2) is 5.86. The van der Waals surface area contributed by atoms with Crippen molar-refractivity contribution >= 4 is 29.0 Å². The van der Waals surface area contributed by atoms with E-state index in [0.717, 1.165) is 0 Å². The monoisotopic (exact) mass is 285 g/mol. The van der Waals surface area contributed by atoms with Gasteiger partial charge in [-0.25, -0.2) is 0 Å². The third-order valence-electron chi connectivity index (χ3n) is 3.86. The molecule has 1 rings (SSSR count). The third kappa shape index (κ3) is 3.05. The molecule has 0 aromatic heterocycles. The molecule has 1 atom stereocenters. The highest BCUT2D eigenvalue weighted by atomic mass is 32.1. The van der Waals surface area contributed by atoms with Gasteiger partial charge in [0.2, 0.25) is 11.8 Å². The average molecular weight is 285 g/mol. The Morgan fingerprint density at radius 2 is 2.05 bits per heavy atom. The van der Waals surface area contributed by atoms with Crippen LogP contribution in [-0.4, -0.2) is 42.3 Å². The van der Waals surface area contributed by atoms with E-state index in [9.17, 15) is 9.59 Å². The molecule has 0 bridgehead atoms. The molecular weight excluding hydrogens is 262 g/mol. The molecule has 0 radical (unpaired) electrons. The predicted octanol–water partition coefficient (Wildman–Crippen LogP) is 0.529. The Kier molecular flexibility index (Phi) is 4.90. The average Bonchev–Trinajstić information content (AvgIpc) is 2.31. The van der Waals surface area contributed by atoms with Crippen molar-refractivity contribution in [3.05, 3.63) is 0 Å². The summed E-state index contributed by atoms with van der Waals surface area (Å²) in [5, 5.41) is 2.58. The SMILES string of the molecule is CNC(=O)C(C)CN(C)C(=O)C1(C(N)=S)CC(C)C1. The maximum Gasteiger partial charge on any atom is 0.235 e. The van der Waals surface area contributed by atoms with E-state index in [2.05, 4.69) is 12.2 Å². The van der Waals surface area contributed by atoms with Gasteiger partial charge in [0.25, 0.3) is 0 Å². The van der Waals surface area contributed by atoms with Crippen molar-refractivity contribution in [1.82, 2.24) is 10.2 Å². The lowest BCUT2D eigenvalue weighted by Gasteiger charge is -2.46. The van der Waals surface area contributed by atoms with Crippen LogP contribution in [0.4, 0.5) is 0 Å². The topological polar surface area (TPSA) is 75.4 Å². The Morgan fingerprint density at radius 3 is 2.42 bits per heavy atom. The van der Waals surface area contributed by atoms with Crippen LogP contribution in [0.15, 0.2) is 0 Å². The van der Waals surface area contributed by atoms with Gasteiger partial charge >= 0.3 is 0 Å². The molecule has 0 spiro atoms. The van der Waals surface area contributed by atoms with E-state index in [1.54, 1.807) is 25.9 Å². The first-order valence-electron chi connectivity index (χ1n) is 6.51. The largest absolute Gasteiger partial charge is 0.392 e. The van der Waals surface area contributed by atoms with Crippen LogP contribution in [0.25, 0.3) is 0 Å². The Bertz CT molecular complexity index is 391. The summed E-state index contributed by atoms with van der Waals surface area (Å²) >= 11 is 5.07. The maximum atomic E-state index is 12.5. The number of carbonyl (C=O) groups excluding carboxylic acids is 2. The molecule has 0 aliphatic heterocycles.